The second-order valence-corrected chi connectivity index (χ2v) is 21.2. The monoisotopic (exact) mass is 812 g/mol. The minimum absolute atomic E-state index is 0.00855. The smallest absolute Gasteiger partial charge is 0.302 e. The van der Waals surface area contributed by atoms with Crippen LogP contribution in [0.5, 0.6) is 0 Å². The summed E-state index contributed by atoms with van der Waals surface area (Å²) < 4.78 is 11.4. The maximum absolute atomic E-state index is 15.4. The van der Waals surface area contributed by atoms with Gasteiger partial charge in [-0.15, -0.1) is 0 Å². The first-order valence-electron chi connectivity index (χ1n) is 21.0. The molecule has 14 heteroatoms. The van der Waals surface area contributed by atoms with Gasteiger partial charge in [0.25, 0.3) is 0 Å². The van der Waals surface area contributed by atoms with Crippen LogP contribution in [-0.4, -0.2) is 115 Å². The van der Waals surface area contributed by atoms with E-state index in [9.17, 15) is 54.6 Å². The van der Waals surface area contributed by atoms with Gasteiger partial charge in [0.1, 0.15) is 29.6 Å². The second kappa shape index (κ2) is 12.6. The Morgan fingerprint density at radius 1 is 0.655 bits per heavy atom. The number of Topliss-reactive ketones (excluding diaryl/α,β-unsaturated/α-hetero) is 4. The molecular formula is C44H60O14. The lowest BCUT2D eigenvalue weighted by molar-refractivity contribution is -0.277. The molecule has 0 amide bonds. The molecule has 0 aliphatic heterocycles. The first kappa shape index (κ1) is 41.8. The van der Waals surface area contributed by atoms with Crippen LogP contribution in [0.1, 0.15) is 93.9 Å². The normalized spacial score (nSPS) is 53.6. The molecule has 0 heterocycles. The predicted octanol–water partition coefficient (Wildman–Crippen LogP) is 1.26. The Morgan fingerprint density at radius 3 is 1.66 bits per heavy atom. The zero-order valence-electron chi connectivity index (χ0n) is 34.6. The minimum atomic E-state index is -2.00. The van der Waals surface area contributed by atoms with Crippen molar-refractivity contribution in [1.82, 2.24) is 0 Å². The van der Waals surface area contributed by atoms with Crippen LogP contribution < -0.4 is 0 Å². The second-order valence-electron chi connectivity index (χ2n) is 21.2. The Balaban J connectivity index is 1.24. The molecule has 8 aliphatic rings. The van der Waals surface area contributed by atoms with E-state index in [0.29, 0.717) is 0 Å². The molecule has 14 nitrogen and oxygen atoms in total. The van der Waals surface area contributed by atoms with Crippen LogP contribution in [0.4, 0.5) is 0 Å². The number of esters is 2. The molecule has 0 aromatic rings. The molecule has 4 bridgehead atoms. The maximum atomic E-state index is 15.4. The standard InChI is InChI=1S/C44H60O14/c1-16-31-33(52)20(34-42(9)23(13-28(51)44(34,35(16)53)37(31)55)40(6,7)30(15-26(42)49)58-18(3)46)10-19-32-21(47)11-24-41(8)22(12-27(50)43(24,36(19)54)38(32)56)39(4,5)29(14-25(41)48)57-17(2)45/h19-20,22-32,34,37-38,48-51,55-56H,1,10-15H2,2-9H3. The molecule has 58 heavy (non-hydrogen) atoms. The van der Waals surface area contributed by atoms with E-state index in [-0.39, 0.29) is 44.1 Å². The lowest BCUT2D eigenvalue weighted by Gasteiger charge is -2.68. The topological polar surface area (TPSA) is 242 Å². The number of carbonyl (C=O) groups is 6. The molecule has 0 radical (unpaired) electrons. The first-order chi connectivity index (χ1) is 26.7. The lowest BCUT2D eigenvalue weighted by atomic mass is 9.36. The number of ether oxygens (including phenoxy) is 2. The summed E-state index contributed by atoms with van der Waals surface area (Å²) in [6, 6.07) is 0. The molecule has 8 aliphatic carbocycles. The van der Waals surface area contributed by atoms with Crippen molar-refractivity contribution >= 4 is 35.1 Å². The summed E-state index contributed by atoms with van der Waals surface area (Å²) in [4.78, 5) is 83.8. The molecule has 20 atom stereocenters. The van der Waals surface area contributed by atoms with E-state index in [1.165, 1.54) is 13.8 Å². The zero-order valence-corrected chi connectivity index (χ0v) is 34.6. The molecule has 0 saturated heterocycles. The van der Waals surface area contributed by atoms with E-state index in [4.69, 9.17) is 9.47 Å². The summed E-state index contributed by atoms with van der Waals surface area (Å²) in [6.07, 6.45) is -11.2. The molecule has 8 saturated carbocycles. The van der Waals surface area contributed by atoms with Crippen molar-refractivity contribution in [2.24, 2.45) is 79.8 Å². The van der Waals surface area contributed by atoms with E-state index in [2.05, 4.69) is 6.58 Å². The van der Waals surface area contributed by atoms with E-state index < -0.39 is 164 Å². The van der Waals surface area contributed by atoms with Crippen molar-refractivity contribution in [3.8, 4) is 0 Å². The van der Waals surface area contributed by atoms with Crippen molar-refractivity contribution in [2.45, 2.75) is 143 Å². The summed E-state index contributed by atoms with van der Waals surface area (Å²) in [6.45, 7) is 17.3. The number of carbonyl (C=O) groups excluding carboxylic acids is 6. The third-order valence-corrected chi connectivity index (χ3v) is 18.7. The lowest BCUT2D eigenvalue weighted by Crippen LogP contribution is -2.74. The fourth-order valence-corrected chi connectivity index (χ4v) is 16.1. The van der Waals surface area contributed by atoms with Gasteiger partial charge in [-0.3, -0.25) is 28.8 Å². The third kappa shape index (κ3) is 4.60. The summed E-state index contributed by atoms with van der Waals surface area (Å²) in [5.74, 6) is -12.4. The predicted molar refractivity (Wildman–Crippen MR) is 201 cm³/mol. The molecule has 0 aromatic carbocycles. The van der Waals surface area contributed by atoms with E-state index in [0.717, 1.165) is 0 Å². The van der Waals surface area contributed by atoms with Gasteiger partial charge in [0.15, 0.2) is 5.78 Å². The van der Waals surface area contributed by atoms with Gasteiger partial charge >= 0.3 is 11.9 Å². The van der Waals surface area contributed by atoms with E-state index in [1.54, 1.807) is 13.8 Å². The first-order valence-corrected chi connectivity index (χ1v) is 21.0. The molecule has 6 N–H and O–H groups in total. The van der Waals surface area contributed by atoms with Crippen LogP contribution in [0.3, 0.4) is 0 Å². The molecule has 2 spiro atoms. The highest BCUT2D eigenvalue weighted by Crippen LogP contribution is 2.75. The van der Waals surface area contributed by atoms with Gasteiger partial charge in [-0.2, -0.15) is 0 Å². The number of aliphatic hydroxyl groups is 6. The van der Waals surface area contributed by atoms with Crippen molar-refractivity contribution in [3.05, 3.63) is 12.2 Å². The number of fused-ring (bicyclic) bond motifs is 6. The van der Waals surface area contributed by atoms with Crippen LogP contribution in [0, 0.1) is 79.8 Å². The number of rotatable bonds is 4. The molecular weight excluding hydrogens is 752 g/mol. The number of hydrogen-bond acceptors (Lipinski definition) is 14. The summed E-state index contributed by atoms with van der Waals surface area (Å²) >= 11 is 0. The number of aliphatic hydroxyl groups excluding tert-OH is 6. The molecule has 8 rings (SSSR count). The van der Waals surface area contributed by atoms with E-state index >= 15 is 4.79 Å². The molecule has 20 unspecified atom stereocenters. The molecule has 8 fully saturated rings. The van der Waals surface area contributed by atoms with Gasteiger partial charge in [0.05, 0.1) is 59.3 Å². The average Bonchev–Trinajstić information content (AvgIpc) is 3.36. The Hall–Kier alpha value is -2.88. The van der Waals surface area contributed by atoms with E-state index in [1.807, 2.05) is 27.7 Å². The van der Waals surface area contributed by atoms with Crippen LogP contribution in [0.25, 0.3) is 0 Å². The summed E-state index contributed by atoms with van der Waals surface area (Å²) in [5, 5.41) is 73.1. The highest BCUT2D eigenvalue weighted by Gasteiger charge is 2.82. The van der Waals surface area contributed by atoms with Crippen molar-refractivity contribution < 1.29 is 68.9 Å². The molecule has 320 valence electrons. The van der Waals surface area contributed by atoms with Crippen molar-refractivity contribution in [2.75, 3.05) is 0 Å². The minimum Gasteiger partial charge on any atom is -0.462 e. The van der Waals surface area contributed by atoms with Crippen LogP contribution >= 0.6 is 0 Å². The van der Waals surface area contributed by atoms with Gasteiger partial charge in [-0.05, 0) is 42.9 Å². The highest BCUT2D eigenvalue weighted by molar-refractivity contribution is 6.13. The Bertz CT molecular complexity index is 1900. The van der Waals surface area contributed by atoms with Gasteiger partial charge in [0, 0.05) is 72.2 Å². The number of hydrogen-bond donors (Lipinski definition) is 6. The van der Waals surface area contributed by atoms with Gasteiger partial charge in [0.2, 0.25) is 0 Å². The van der Waals surface area contributed by atoms with Crippen LogP contribution in [-0.2, 0) is 38.2 Å². The third-order valence-electron chi connectivity index (χ3n) is 18.7. The largest absolute Gasteiger partial charge is 0.462 e. The molecule has 0 aromatic heterocycles. The average molecular weight is 813 g/mol. The Morgan fingerprint density at radius 2 is 1.14 bits per heavy atom. The van der Waals surface area contributed by atoms with Crippen molar-refractivity contribution in [3.63, 3.8) is 0 Å². The van der Waals surface area contributed by atoms with Gasteiger partial charge in [-0.1, -0.05) is 48.1 Å². The van der Waals surface area contributed by atoms with Crippen molar-refractivity contribution in [1.29, 1.82) is 0 Å². The van der Waals surface area contributed by atoms with Gasteiger partial charge < -0.3 is 40.1 Å². The number of ketones is 4. The van der Waals surface area contributed by atoms with Crippen LogP contribution in [0.15, 0.2) is 12.2 Å². The Labute approximate surface area is 338 Å². The fourth-order valence-electron chi connectivity index (χ4n) is 16.1. The highest BCUT2D eigenvalue weighted by atomic mass is 16.5. The Kier molecular flexibility index (Phi) is 9.08. The van der Waals surface area contributed by atoms with Gasteiger partial charge in [-0.25, -0.2) is 0 Å². The fraction of sp³-hybridized carbons (Fsp3) is 0.818. The van der Waals surface area contributed by atoms with Crippen LogP contribution in [0.2, 0.25) is 0 Å². The summed E-state index contributed by atoms with van der Waals surface area (Å²) in [5.41, 5.74) is -8.42. The quantitative estimate of drug-likeness (QED) is 0.173. The SMILES string of the molecule is C=C1C(=O)C23C(O)CC4C(C)(C)C(OC(C)=O)CC(O)C4(C)C2C(CC2C(=O)C45C(O)CC6C(C)(C)C(OC(C)=O)CC(O)C6(C)C4CC(=O)C2C5O)C(=O)C1C3O. The zero-order chi connectivity index (χ0) is 42.9. The maximum Gasteiger partial charge on any atom is 0.302 e. The summed E-state index contributed by atoms with van der Waals surface area (Å²) in [7, 11) is 0.